The Morgan fingerprint density at radius 3 is 2.60 bits per heavy atom. The molecule has 9 heteroatoms. The van der Waals surface area contributed by atoms with Crippen molar-refractivity contribution in [2.45, 2.75) is 18.3 Å². The Hall–Kier alpha value is -0.870. The summed E-state index contributed by atoms with van der Waals surface area (Å²) < 4.78 is 27.0. The van der Waals surface area contributed by atoms with Crippen LogP contribution in [0.25, 0.3) is 0 Å². The number of hydrogen-bond acceptors (Lipinski definition) is 7. The SMILES string of the molecule is O=C1O[C@H]([C@@H](O)CO)C(=O)C1OS(=O)O. The van der Waals surface area contributed by atoms with Crippen LogP contribution in [0.1, 0.15) is 0 Å². The molecule has 0 aromatic heterocycles. The van der Waals surface area contributed by atoms with Gasteiger partial charge in [-0.2, -0.15) is 4.21 Å². The van der Waals surface area contributed by atoms with E-state index in [1.807, 2.05) is 0 Å². The third-order valence-electron chi connectivity index (χ3n) is 1.71. The maximum Gasteiger partial charge on any atom is 0.345 e. The van der Waals surface area contributed by atoms with Gasteiger partial charge in [0.2, 0.25) is 11.9 Å². The lowest BCUT2D eigenvalue weighted by molar-refractivity contribution is -0.151. The first-order chi connectivity index (χ1) is 6.97. The highest BCUT2D eigenvalue weighted by Gasteiger charge is 2.48. The molecular formula is C6H8O8S. The van der Waals surface area contributed by atoms with Gasteiger partial charge in [0.1, 0.15) is 6.10 Å². The minimum Gasteiger partial charge on any atom is -0.449 e. The van der Waals surface area contributed by atoms with Crippen LogP contribution in [0.15, 0.2) is 0 Å². The Morgan fingerprint density at radius 2 is 2.13 bits per heavy atom. The van der Waals surface area contributed by atoms with E-state index in [0.717, 1.165) is 0 Å². The first kappa shape index (κ1) is 12.2. The first-order valence-electron chi connectivity index (χ1n) is 3.78. The van der Waals surface area contributed by atoms with Crippen LogP contribution in [0, 0.1) is 0 Å². The molecule has 2 unspecified atom stereocenters. The number of cyclic esters (lactones) is 1. The molecule has 0 spiro atoms. The smallest absolute Gasteiger partial charge is 0.345 e. The van der Waals surface area contributed by atoms with Crippen molar-refractivity contribution in [3.63, 3.8) is 0 Å². The maximum absolute atomic E-state index is 11.3. The molecule has 3 N–H and O–H groups in total. The third kappa shape index (κ3) is 2.58. The second-order valence-corrected chi connectivity index (χ2v) is 3.33. The summed E-state index contributed by atoms with van der Waals surface area (Å²) in [5.74, 6) is -2.16. The summed E-state index contributed by atoms with van der Waals surface area (Å²) in [5, 5.41) is 17.6. The number of ether oxygens (including phenoxy) is 1. The highest BCUT2D eigenvalue weighted by atomic mass is 32.2. The Balaban J connectivity index is 2.74. The Morgan fingerprint density at radius 1 is 1.53 bits per heavy atom. The molecule has 15 heavy (non-hydrogen) atoms. The van der Waals surface area contributed by atoms with Crippen molar-refractivity contribution < 1.29 is 37.5 Å². The normalized spacial score (nSPS) is 30.1. The summed E-state index contributed by atoms with van der Waals surface area (Å²) in [6.45, 7) is -0.779. The molecule has 0 radical (unpaired) electrons. The highest BCUT2D eigenvalue weighted by molar-refractivity contribution is 7.74. The molecule has 4 atom stereocenters. The maximum atomic E-state index is 11.3. The van der Waals surface area contributed by atoms with E-state index in [-0.39, 0.29) is 0 Å². The number of carbonyl (C=O) groups is 2. The number of rotatable bonds is 4. The number of aliphatic hydroxyl groups is 2. The third-order valence-corrected chi connectivity index (χ3v) is 2.07. The van der Waals surface area contributed by atoms with E-state index in [4.69, 9.17) is 14.8 Å². The lowest BCUT2D eigenvalue weighted by atomic mass is 10.1. The van der Waals surface area contributed by atoms with Gasteiger partial charge in [-0.1, -0.05) is 0 Å². The van der Waals surface area contributed by atoms with Crippen LogP contribution in [0.5, 0.6) is 0 Å². The number of carbonyl (C=O) groups excluding carboxylic acids is 2. The predicted molar refractivity (Wildman–Crippen MR) is 43.6 cm³/mol. The van der Waals surface area contributed by atoms with Crippen molar-refractivity contribution in [3.8, 4) is 0 Å². The predicted octanol–water partition coefficient (Wildman–Crippen LogP) is -2.64. The van der Waals surface area contributed by atoms with E-state index in [9.17, 15) is 13.8 Å². The largest absolute Gasteiger partial charge is 0.449 e. The second kappa shape index (κ2) is 4.77. The monoisotopic (exact) mass is 240 g/mol. The van der Waals surface area contributed by atoms with Crippen LogP contribution in [0.2, 0.25) is 0 Å². The fourth-order valence-electron chi connectivity index (χ4n) is 1.04. The molecule has 0 aliphatic carbocycles. The van der Waals surface area contributed by atoms with Crippen LogP contribution in [0.3, 0.4) is 0 Å². The molecule has 0 saturated carbocycles. The van der Waals surface area contributed by atoms with Gasteiger partial charge in [-0.15, -0.1) is 0 Å². The van der Waals surface area contributed by atoms with Gasteiger partial charge in [-0.05, 0) is 0 Å². The van der Waals surface area contributed by atoms with Gasteiger partial charge in [0.15, 0.2) is 6.10 Å². The van der Waals surface area contributed by atoms with Crippen molar-refractivity contribution in [3.05, 3.63) is 0 Å². The van der Waals surface area contributed by atoms with Crippen LogP contribution in [-0.4, -0.2) is 55.6 Å². The molecule has 0 aromatic rings. The van der Waals surface area contributed by atoms with Crippen LogP contribution < -0.4 is 0 Å². The number of esters is 1. The molecule has 1 heterocycles. The molecule has 1 fully saturated rings. The molecule has 86 valence electrons. The highest BCUT2D eigenvalue weighted by Crippen LogP contribution is 2.17. The summed E-state index contributed by atoms with van der Waals surface area (Å²) in [7, 11) is 0. The second-order valence-electron chi connectivity index (χ2n) is 2.70. The lowest BCUT2D eigenvalue weighted by Gasteiger charge is -2.11. The number of aliphatic hydroxyl groups excluding tert-OH is 2. The first-order valence-corrected chi connectivity index (χ1v) is 4.81. The number of ketones is 1. The van der Waals surface area contributed by atoms with Gasteiger partial charge in [0.25, 0.3) is 0 Å². The van der Waals surface area contributed by atoms with E-state index in [1.165, 1.54) is 0 Å². The van der Waals surface area contributed by atoms with Crippen molar-refractivity contribution in [2.75, 3.05) is 6.61 Å². The summed E-state index contributed by atoms with van der Waals surface area (Å²) in [4.78, 5) is 22.2. The van der Waals surface area contributed by atoms with Crippen LogP contribution in [-0.2, 0) is 29.9 Å². The van der Waals surface area contributed by atoms with E-state index in [2.05, 4.69) is 8.92 Å². The van der Waals surface area contributed by atoms with Gasteiger partial charge in [-0.25, -0.2) is 8.98 Å². The van der Waals surface area contributed by atoms with Crippen molar-refractivity contribution in [1.29, 1.82) is 0 Å². The molecule has 1 aliphatic heterocycles. The van der Waals surface area contributed by atoms with Crippen molar-refractivity contribution in [2.24, 2.45) is 0 Å². The van der Waals surface area contributed by atoms with Gasteiger partial charge in [-0.3, -0.25) is 9.35 Å². The van der Waals surface area contributed by atoms with Crippen LogP contribution in [0.4, 0.5) is 0 Å². The van der Waals surface area contributed by atoms with E-state index in [0.29, 0.717) is 0 Å². The Kier molecular flexibility index (Phi) is 3.88. The molecule has 8 nitrogen and oxygen atoms in total. The van der Waals surface area contributed by atoms with Crippen LogP contribution >= 0.6 is 0 Å². The molecule has 0 amide bonds. The van der Waals surface area contributed by atoms with Gasteiger partial charge in [0.05, 0.1) is 6.61 Å². The summed E-state index contributed by atoms with van der Waals surface area (Å²) >= 11 is -2.79. The molecule has 1 rings (SSSR count). The van der Waals surface area contributed by atoms with Crippen molar-refractivity contribution >= 4 is 23.1 Å². The number of hydrogen-bond donors (Lipinski definition) is 3. The molecule has 0 bridgehead atoms. The quantitative estimate of drug-likeness (QED) is 0.276. The Bertz CT molecular complexity index is 302. The average molecular weight is 240 g/mol. The van der Waals surface area contributed by atoms with Crippen molar-refractivity contribution in [1.82, 2.24) is 0 Å². The lowest BCUT2D eigenvalue weighted by Crippen LogP contribution is -2.37. The summed E-state index contributed by atoms with van der Waals surface area (Å²) in [6.07, 6.45) is -4.96. The zero-order chi connectivity index (χ0) is 11.6. The molecule has 0 aromatic carbocycles. The van der Waals surface area contributed by atoms with Gasteiger partial charge < -0.3 is 14.9 Å². The molecule has 1 saturated heterocycles. The minimum atomic E-state index is -2.79. The van der Waals surface area contributed by atoms with Gasteiger partial charge in [0, 0.05) is 0 Å². The zero-order valence-corrected chi connectivity index (χ0v) is 8.05. The topological polar surface area (TPSA) is 130 Å². The molecular weight excluding hydrogens is 232 g/mol. The fourth-order valence-corrected chi connectivity index (χ4v) is 1.38. The summed E-state index contributed by atoms with van der Waals surface area (Å²) in [5.41, 5.74) is 0. The summed E-state index contributed by atoms with van der Waals surface area (Å²) in [6, 6.07) is 0. The van der Waals surface area contributed by atoms with Gasteiger partial charge >= 0.3 is 17.3 Å². The fraction of sp³-hybridized carbons (Fsp3) is 0.667. The minimum absolute atomic E-state index is 0.779. The number of Topliss-reactive ketones (excluding diaryl/α,β-unsaturated/α-hetero) is 1. The molecule has 1 aliphatic rings. The van der Waals surface area contributed by atoms with E-state index < -0.39 is 48.0 Å². The zero-order valence-electron chi connectivity index (χ0n) is 7.23. The Labute approximate surface area is 86.3 Å². The average Bonchev–Trinajstić information content (AvgIpc) is 2.44. The van der Waals surface area contributed by atoms with E-state index >= 15 is 0 Å². The van der Waals surface area contributed by atoms with E-state index in [1.54, 1.807) is 0 Å². The standard InChI is InChI=1S/C6H8O8S/c7-1-2(8)4-3(9)5(6(10)13-4)14-15(11)12/h2,4-5,7-8H,1H2,(H,11,12)/t2-,4+,5?/m0/s1.